The number of nitrogens with one attached hydrogen (secondary N) is 1. The minimum absolute atomic E-state index is 0.0495. The summed E-state index contributed by atoms with van der Waals surface area (Å²) >= 11 is 3.52. The summed E-state index contributed by atoms with van der Waals surface area (Å²) in [5, 5.41) is 4.98. The van der Waals surface area contributed by atoms with E-state index in [1.54, 1.807) is 0 Å². The van der Waals surface area contributed by atoms with E-state index < -0.39 is 0 Å². The number of amides is 1. The van der Waals surface area contributed by atoms with Crippen LogP contribution in [0.1, 0.15) is 20.8 Å². The number of benzene rings is 2. The molecule has 0 saturated carbocycles. The molecule has 3 nitrogen and oxygen atoms in total. The molecule has 106 valence electrons. The Balaban J connectivity index is 2.18. The van der Waals surface area contributed by atoms with Crippen LogP contribution in [0.25, 0.3) is 10.8 Å². The van der Waals surface area contributed by atoms with Crippen molar-refractivity contribution in [1.82, 2.24) is 0 Å². The summed E-state index contributed by atoms with van der Waals surface area (Å²) in [4.78, 5) is 11.9. The van der Waals surface area contributed by atoms with Gasteiger partial charge in [-0.25, -0.2) is 0 Å². The smallest absolute Gasteiger partial charge is 0.250 e. The zero-order chi connectivity index (χ0) is 14.8. The van der Waals surface area contributed by atoms with Crippen LogP contribution in [0.5, 0.6) is 0 Å². The zero-order valence-corrected chi connectivity index (χ0v) is 13.5. The van der Waals surface area contributed by atoms with Crippen LogP contribution in [0.2, 0.25) is 0 Å². The van der Waals surface area contributed by atoms with Crippen molar-refractivity contribution < 1.29 is 9.53 Å². The Morgan fingerprint density at radius 2 is 1.80 bits per heavy atom. The number of fused-ring (bicyclic) bond motifs is 1. The molecule has 0 saturated heterocycles. The SMILES string of the molecule is CC(C)(C)OCC(=O)Nc1ccc(Br)c2ccccc12. The van der Waals surface area contributed by atoms with Gasteiger partial charge in [0.15, 0.2) is 0 Å². The van der Waals surface area contributed by atoms with Crippen molar-refractivity contribution in [1.29, 1.82) is 0 Å². The standard InChI is InChI=1S/C16H18BrNO2/c1-16(2,3)20-10-15(19)18-14-9-8-13(17)11-6-4-5-7-12(11)14/h4-9H,10H2,1-3H3,(H,18,19). The number of ether oxygens (including phenoxy) is 1. The van der Waals surface area contributed by atoms with E-state index in [4.69, 9.17) is 4.74 Å². The highest BCUT2D eigenvalue weighted by atomic mass is 79.9. The average molecular weight is 336 g/mol. The van der Waals surface area contributed by atoms with Gasteiger partial charge < -0.3 is 10.1 Å². The molecule has 0 fully saturated rings. The molecule has 0 aliphatic rings. The van der Waals surface area contributed by atoms with E-state index in [1.165, 1.54) is 0 Å². The van der Waals surface area contributed by atoms with Crippen LogP contribution < -0.4 is 5.32 Å². The molecule has 0 unspecified atom stereocenters. The van der Waals surface area contributed by atoms with Gasteiger partial charge in [0.1, 0.15) is 6.61 Å². The lowest BCUT2D eigenvalue weighted by Crippen LogP contribution is -2.27. The Bertz CT molecular complexity index is 632. The number of hydrogen-bond acceptors (Lipinski definition) is 2. The van der Waals surface area contributed by atoms with Crippen LogP contribution in [0, 0.1) is 0 Å². The van der Waals surface area contributed by atoms with Crippen molar-refractivity contribution >= 4 is 38.3 Å². The molecule has 0 aliphatic heterocycles. The first-order chi connectivity index (χ1) is 9.37. The van der Waals surface area contributed by atoms with Crippen LogP contribution in [0.3, 0.4) is 0 Å². The van der Waals surface area contributed by atoms with Crippen molar-refractivity contribution in [2.45, 2.75) is 26.4 Å². The van der Waals surface area contributed by atoms with Gasteiger partial charge in [-0.05, 0) is 38.3 Å². The van der Waals surface area contributed by atoms with Gasteiger partial charge in [-0.2, -0.15) is 0 Å². The fourth-order valence-electron chi connectivity index (χ4n) is 1.84. The maximum atomic E-state index is 11.9. The van der Waals surface area contributed by atoms with Gasteiger partial charge in [0, 0.05) is 15.5 Å². The summed E-state index contributed by atoms with van der Waals surface area (Å²) in [7, 11) is 0. The number of rotatable bonds is 3. The number of carbonyl (C=O) groups excluding carboxylic acids is 1. The molecule has 0 bridgehead atoms. The van der Waals surface area contributed by atoms with Crippen molar-refractivity contribution in [2.75, 3.05) is 11.9 Å². The maximum absolute atomic E-state index is 11.9. The molecule has 0 atom stereocenters. The fraction of sp³-hybridized carbons (Fsp3) is 0.312. The first-order valence-corrected chi connectivity index (χ1v) is 7.27. The second-order valence-electron chi connectivity index (χ2n) is 5.59. The molecule has 1 amide bonds. The van der Waals surface area contributed by atoms with Crippen LogP contribution in [0.4, 0.5) is 5.69 Å². The van der Waals surface area contributed by atoms with Gasteiger partial charge in [0.05, 0.1) is 5.60 Å². The van der Waals surface area contributed by atoms with Crippen LogP contribution in [0.15, 0.2) is 40.9 Å². The molecule has 4 heteroatoms. The molecular formula is C16H18BrNO2. The summed E-state index contributed by atoms with van der Waals surface area (Å²) in [6, 6.07) is 11.8. The topological polar surface area (TPSA) is 38.3 Å². The molecule has 0 aliphatic carbocycles. The summed E-state index contributed by atoms with van der Waals surface area (Å²) in [5.41, 5.74) is 0.477. The van der Waals surface area contributed by atoms with E-state index in [9.17, 15) is 4.79 Å². The molecule has 0 spiro atoms. The van der Waals surface area contributed by atoms with Crippen molar-refractivity contribution in [2.24, 2.45) is 0 Å². The van der Waals surface area contributed by atoms with Gasteiger partial charge in [-0.1, -0.05) is 40.2 Å². The highest BCUT2D eigenvalue weighted by Gasteiger charge is 2.13. The molecule has 0 radical (unpaired) electrons. The van der Waals surface area contributed by atoms with Gasteiger partial charge in [-0.3, -0.25) is 4.79 Å². The molecule has 0 heterocycles. The first kappa shape index (κ1) is 15.0. The fourth-order valence-corrected chi connectivity index (χ4v) is 2.32. The number of halogens is 1. The summed E-state index contributed by atoms with van der Waals surface area (Å²) in [6.07, 6.45) is 0. The quantitative estimate of drug-likeness (QED) is 0.905. The Morgan fingerprint density at radius 1 is 1.15 bits per heavy atom. The molecule has 2 aromatic carbocycles. The van der Waals surface area contributed by atoms with Crippen molar-refractivity contribution in [3.8, 4) is 0 Å². The van der Waals surface area contributed by atoms with Gasteiger partial charge >= 0.3 is 0 Å². The number of hydrogen-bond donors (Lipinski definition) is 1. The van der Waals surface area contributed by atoms with Crippen LogP contribution in [-0.4, -0.2) is 18.1 Å². The molecular weight excluding hydrogens is 318 g/mol. The second-order valence-corrected chi connectivity index (χ2v) is 6.44. The Kier molecular flexibility index (Phi) is 4.45. The van der Waals surface area contributed by atoms with E-state index in [1.807, 2.05) is 57.2 Å². The van der Waals surface area contributed by atoms with Gasteiger partial charge in [0.2, 0.25) is 5.91 Å². The van der Waals surface area contributed by atoms with Gasteiger partial charge in [-0.15, -0.1) is 0 Å². The maximum Gasteiger partial charge on any atom is 0.250 e. The zero-order valence-electron chi connectivity index (χ0n) is 11.9. The molecule has 20 heavy (non-hydrogen) atoms. The Morgan fingerprint density at radius 3 is 2.45 bits per heavy atom. The molecule has 1 N–H and O–H groups in total. The number of carbonyl (C=O) groups is 1. The predicted octanol–water partition coefficient (Wildman–Crippen LogP) is 4.36. The Labute approximate surface area is 127 Å². The highest BCUT2D eigenvalue weighted by molar-refractivity contribution is 9.10. The normalized spacial score (nSPS) is 11.6. The lowest BCUT2D eigenvalue weighted by atomic mass is 10.1. The first-order valence-electron chi connectivity index (χ1n) is 6.48. The number of anilines is 1. The largest absolute Gasteiger partial charge is 0.366 e. The predicted molar refractivity (Wildman–Crippen MR) is 86.0 cm³/mol. The van der Waals surface area contributed by atoms with E-state index >= 15 is 0 Å². The van der Waals surface area contributed by atoms with E-state index in [0.717, 1.165) is 20.9 Å². The lowest BCUT2D eigenvalue weighted by Gasteiger charge is -2.19. The third-order valence-electron chi connectivity index (χ3n) is 2.78. The highest BCUT2D eigenvalue weighted by Crippen LogP contribution is 2.29. The summed E-state index contributed by atoms with van der Waals surface area (Å²) in [5.74, 6) is -0.146. The molecule has 0 aromatic heterocycles. The lowest BCUT2D eigenvalue weighted by molar-refractivity contribution is -0.125. The molecule has 2 aromatic rings. The van der Waals surface area contributed by atoms with E-state index in [-0.39, 0.29) is 18.1 Å². The monoisotopic (exact) mass is 335 g/mol. The third-order valence-corrected chi connectivity index (χ3v) is 3.47. The minimum Gasteiger partial charge on any atom is -0.366 e. The van der Waals surface area contributed by atoms with Gasteiger partial charge in [0.25, 0.3) is 0 Å². The third kappa shape index (κ3) is 3.81. The van der Waals surface area contributed by atoms with E-state index in [0.29, 0.717) is 0 Å². The van der Waals surface area contributed by atoms with Crippen LogP contribution in [-0.2, 0) is 9.53 Å². The van der Waals surface area contributed by atoms with E-state index in [2.05, 4.69) is 21.2 Å². The Hall–Kier alpha value is -1.39. The summed E-state index contributed by atoms with van der Waals surface area (Å²) < 4.78 is 6.49. The minimum atomic E-state index is -0.320. The van der Waals surface area contributed by atoms with Crippen molar-refractivity contribution in [3.05, 3.63) is 40.9 Å². The summed E-state index contributed by atoms with van der Waals surface area (Å²) in [6.45, 7) is 5.83. The molecule has 2 rings (SSSR count). The second kappa shape index (κ2) is 5.94. The van der Waals surface area contributed by atoms with Crippen molar-refractivity contribution in [3.63, 3.8) is 0 Å². The average Bonchev–Trinajstić information content (AvgIpc) is 2.39. The van der Waals surface area contributed by atoms with Crippen LogP contribution >= 0.6 is 15.9 Å².